The summed E-state index contributed by atoms with van der Waals surface area (Å²) in [7, 11) is -1.96. The number of piperidine rings is 1. The Balaban J connectivity index is 2.49. The van der Waals surface area contributed by atoms with Crippen molar-refractivity contribution in [3.8, 4) is 5.75 Å². The van der Waals surface area contributed by atoms with Crippen LogP contribution in [0.1, 0.15) is 45.6 Å². The second-order valence-electron chi connectivity index (χ2n) is 6.58. The minimum Gasteiger partial charge on any atom is -0.495 e. The Morgan fingerprint density at radius 3 is 2.24 bits per heavy atom. The lowest BCUT2D eigenvalue weighted by molar-refractivity contribution is 0.342. The van der Waals surface area contributed by atoms with Crippen LogP contribution in [0.15, 0.2) is 23.1 Å². The molecule has 0 unspecified atom stereocenters. The SMILES string of the molecule is COc1ccc(C(C)(C)C)cc1S(=O)(=O)N1CCCCC1. The summed E-state index contributed by atoms with van der Waals surface area (Å²) in [5.74, 6) is 0.425. The fourth-order valence-corrected chi connectivity index (χ4v) is 4.29. The van der Waals surface area contributed by atoms with Crippen LogP contribution >= 0.6 is 0 Å². The number of rotatable bonds is 3. The maximum Gasteiger partial charge on any atom is 0.246 e. The van der Waals surface area contributed by atoms with Gasteiger partial charge in [-0.2, -0.15) is 4.31 Å². The monoisotopic (exact) mass is 311 g/mol. The van der Waals surface area contributed by atoms with E-state index in [1.54, 1.807) is 16.4 Å². The van der Waals surface area contributed by atoms with Gasteiger partial charge in [-0.05, 0) is 36.0 Å². The van der Waals surface area contributed by atoms with E-state index in [2.05, 4.69) is 20.8 Å². The summed E-state index contributed by atoms with van der Waals surface area (Å²) in [5, 5.41) is 0. The zero-order valence-corrected chi connectivity index (χ0v) is 14.2. The third-order valence-electron chi connectivity index (χ3n) is 3.96. The van der Waals surface area contributed by atoms with E-state index in [1.165, 1.54) is 7.11 Å². The summed E-state index contributed by atoms with van der Waals surface area (Å²) in [4.78, 5) is 0.291. The number of ether oxygens (including phenoxy) is 1. The van der Waals surface area contributed by atoms with Crippen molar-refractivity contribution in [2.75, 3.05) is 20.2 Å². The van der Waals surface area contributed by atoms with E-state index in [-0.39, 0.29) is 5.41 Å². The van der Waals surface area contributed by atoms with E-state index < -0.39 is 10.0 Å². The van der Waals surface area contributed by atoms with Crippen LogP contribution in [0.3, 0.4) is 0 Å². The molecule has 0 N–H and O–H groups in total. The first-order chi connectivity index (χ1) is 9.76. The van der Waals surface area contributed by atoms with Crippen LogP contribution in [0.25, 0.3) is 0 Å². The number of benzene rings is 1. The van der Waals surface area contributed by atoms with Crippen molar-refractivity contribution in [1.82, 2.24) is 4.31 Å². The zero-order valence-electron chi connectivity index (χ0n) is 13.3. The molecule has 0 spiro atoms. The Kier molecular flexibility index (Phi) is 4.63. The molecule has 2 rings (SSSR count). The Hall–Kier alpha value is -1.07. The van der Waals surface area contributed by atoms with Gasteiger partial charge >= 0.3 is 0 Å². The second kappa shape index (κ2) is 5.97. The molecule has 5 heteroatoms. The van der Waals surface area contributed by atoms with E-state index in [0.717, 1.165) is 24.8 Å². The lowest BCUT2D eigenvalue weighted by atomic mass is 9.87. The minimum absolute atomic E-state index is 0.0988. The van der Waals surface area contributed by atoms with Crippen LogP contribution in [-0.4, -0.2) is 32.9 Å². The lowest BCUT2D eigenvalue weighted by Crippen LogP contribution is -2.36. The molecular weight excluding hydrogens is 286 g/mol. The van der Waals surface area contributed by atoms with Gasteiger partial charge in [0.25, 0.3) is 0 Å². The van der Waals surface area contributed by atoms with E-state index in [0.29, 0.717) is 23.7 Å². The topological polar surface area (TPSA) is 46.6 Å². The molecule has 1 aromatic rings. The predicted molar refractivity (Wildman–Crippen MR) is 84.3 cm³/mol. The van der Waals surface area contributed by atoms with Crippen LogP contribution in [-0.2, 0) is 15.4 Å². The summed E-state index contributed by atoms with van der Waals surface area (Å²) in [6.07, 6.45) is 2.96. The highest BCUT2D eigenvalue weighted by Crippen LogP contribution is 2.33. The van der Waals surface area contributed by atoms with Gasteiger partial charge in [0, 0.05) is 13.1 Å². The van der Waals surface area contributed by atoms with Gasteiger partial charge < -0.3 is 4.74 Å². The third-order valence-corrected chi connectivity index (χ3v) is 5.88. The first-order valence-corrected chi connectivity index (χ1v) is 8.89. The molecule has 0 bridgehead atoms. The summed E-state index contributed by atoms with van der Waals surface area (Å²) in [6.45, 7) is 7.43. The molecule has 1 fully saturated rings. The zero-order chi connectivity index (χ0) is 15.7. The second-order valence-corrected chi connectivity index (χ2v) is 8.49. The number of sulfonamides is 1. The number of methoxy groups -OCH3 is 1. The van der Waals surface area contributed by atoms with Gasteiger partial charge in [-0.3, -0.25) is 0 Å². The molecular formula is C16H25NO3S. The molecule has 1 aliphatic heterocycles. The normalized spacial score (nSPS) is 17.7. The van der Waals surface area contributed by atoms with Crippen LogP contribution in [0.5, 0.6) is 5.75 Å². The van der Waals surface area contributed by atoms with Crippen LogP contribution in [0.4, 0.5) is 0 Å². The van der Waals surface area contributed by atoms with E-state index >= 15 is 0 Å². The minimum atomic E-state index is -3.48. The quantitative estimate of drug-likeness (QED) is 0.861. The van der Waals surface area contributed by atoms with Crippen molar-refractivity contribution >= 4 is 10.0 Å². The maximum atomic E-state index is 12.9. The molecule has 0 radical (unpaired) electrons. The van der Waals surface area contributed by atoms with E-state index in [9.17, 15) is 8.42 Å². The molecule has 0 atom stereocenters. The smallest absolute Gasteiger partial charge is 0.246 e. The van der Waals surface area contributed by atoms with Crippen molar-refractivity contribution in [2.24, 2.45) is 0 Å². The largest absolute Gasteiger partial charge is 0.495 e. The van der Waals surface area contributed by atoms with Crippen molar-refractivity contribution < 1.29 is 13.2 Å². The fraction of sp³-hybridized carbons (Fsp3) is 0.625. The first kappa shape index (κ1) is 16.3. The Morgan fingerprint density at radius 2 is 1.71 bits per heavy atom. The summed E-state index contributed by atoms with van der Waals surface area (Å²) < 4.78 is 32.7. The van der Waals surface area contributed by atoms with Crippen molar-refractivity contribution in [2.45, 2.75) is 50.3 Å². The maximum absolute atomic E-state index is 12.9. The molecule has 0 aliphatic carbocycles. The summed E-state index contributed by atoms with van der Waals surface area (Å²) in [6, 6.07) is 5.47. The van der Waals surface area contributed by atoms with Gasteiger partial charge in [0.1, 0.15) is 10.6 Å². The Labute approximate surface area is 128 Å². The van der Waals surface area contributed by atoms with Gasteiger partial charge in [-0.1, -0.05) is 33.3 Å². The van der Waals surface area contributed by atoms with Gasteiger partial charge in [-0.25, -0.2) is 8.42 Å². The fourth-order valence-electron chi connectivity index (χ4n) is 2.59. The third kappa shape index (κ3) is 3.40. The molecule has 0 aromatic heterocycles. The van der Waals surface area contributed by atoms with Crippen LogP contribution in [0.2, 0.25) is 0 Å². The van der Waals surface area contributed by atoms with Crippen LogP contribution in [0, 0.1) is 0 Å². The number of hydrogen-bond donors (Lipinski definition) is 0. The molecule has 0 amide bonds. The van der Waals surface area contributed by atoms with E-state index in [1.807, 2.05) is 6.07 Å². The van der Waals surface area contributed by atoms with Gasteiger partial charge in [-0.15, -0.1) is 0 Å². The summed E-state index contributed by atoms with van der Waals surface area (Å²) >= 11 is 0. The summed E-state index contributed by atoms with van der Waals surface area (Å²) in [5.41, 5.74) is 0.900. The average Bonchev–Trinajstić information content (AvgIpc) is 2.46. The average molecular weight is 311 g/mol. The Morgan fingerprint density at radius 1 is 1.10 bits per heavy atom. The number of hydrogen-bond acceptors (Lipinski definition) is 3. The first-order valence-electron chi connectivity index (χ1n) is 7.45. The van der Waals surface area contributed by atoms with E-state index in [4.69, 9.17) is 4.74 Å². The molecule has 1 saturated heterocycles. The molecule has 1 aromatic carbocycles. The number of nitrogens with zero attached hydrogens (tertiary/aromatic N) is 1. The van der Waals surface area contributed by atoms with Gasteiger partial charge in [0.2, 0.25) is 10.0 Å². The lowest BCUT2D eigenvalue weighted by Gasteiger charge is -2.27. The van der Waals surface area contributed by atoms with Crippen molar-refractivity contribution in [3.05, 3.63) is 23.8 Å². The Bertz CT molecular complexity index is 596. The molecule has 21 heavy (non-hydrogen) atoms. The van der Waals surface area contributed by atoms with Crippen LogP contribution < -0.4 is 4.74 Å². The highest BCUT2D eigenvalue weighted by atomic mass is 32.2. The van der Waals surface area contributed by atoms with Gasteiger partial charge in [0.15, 0.2) is 0 Å². The standard InChI is InChI=1S/C16H25NO3S/c1-16(2,3)13-8-9-14(20-4)15(12-13)21(18,19)17-10-6-5-7-11-17/h8-9,12H,5-7,10-11H2,1-4H3. The molecule has 1 heterocycles. The van der Waals surface area contributed by atoms with Crippen molar-refractivity contribution in [3.63, 3.8) is 0 Å². The molecule has 118 valence electrons. The molecule has 1 aliphatic rings. The molecule has 0 saturated carbocycles. The molecule has 4 nitrogen and oxygen atoms in total. The highest BCUT2D eigenvalue weighted by molar-refractivity contribution is 7.89. The highest BCUT2D eigenvalue weighted by Gasteiger charge is 2.30. The van der Waals surface area contributed by atoms with Gasteiger partial charge in [0.05, 0.1) is 7.11 Å². The van der Waals surface area contributed by atoms with Crippen molar-refractivity contribution in [1.29, 1.82) is 0 Å². The predicted octanol–water partition coefficient (Wildman–Crippen LogP) is 3.17.